The van der Waals surface area contributed by atoms with Gasteiger partial charge in [0.15, 0.2) is 0 Å². The Kier molecular flexibility index (Phi) is 4.17. The van der Waals surface area contributed by atoms with Crippen LogP contribution < -0.4 is 0 Å². The summed E-state index contributed by atoms with van der Waals surface area (Å²) in [6.45, 7) is 14.9. The van der Waals surface area contributed by atoms with Gasteiger partial charge in [0.05, 0.1) is 0 Å². The van der Waals surface area contributed by atoms with Crippen LogP contribution in [0.2, 0.25) is 0 Å². The van der Waals surface area contributed by atoms with Crippen molar-refractivity contribution in [3.8, 4) is 0 Å². The molecule has 0 heterocycles. The van der Waals surface area contributed by atoms with Crippen LogP contribution in [0, 0.1) is 11.8 Å². The van der Waals surface area contributed by atoms with Gasteiger partial charge < -0.3 is 0 Å². The van der Waals surface area contributed by atoms with E-state index in [2.05, 4.69) is 47.3 Å². The minimum atomic E-state index is 0.637. The van der Waals surface area contributed by atoms with Crippen molar-refractivity contribution in [1.82, 2.24) is 0 Å². The lowest BCUT2D eigenvalue weighted by atomic mass is 9.86. The molecule has 64 valence electrons. The van der Waals surface area contributed by atoms with Gasteiger partial charge in [-0.25, -0.2) is 0 Å². The van der Waals surface area contributed by atoms with Crippen LogP contribution in [-0.4, -0.2) is 0 Å². The molecule has 0 saturated heterocycles. The molecule has 0 aliphatic carbocycles. The molecule has 1 unspecified atom stereocenters. The Labute approximate surface area is 71.0 Å². The van der Waals surface area contributed by atoms with Gasteiger partial charge in [-0.1, -0.05) is 39.0 Å². The summed E-state index contributed by atoms with van der Waals surface area (Å²) in [5.74, 6) is 1.34. The Balaban J connectivity index is 4.41. The molecular formula is C11H20. The van der Waals surface area contributed by atoms with E-state index in [1.54, 1.807) is 0 Å². The normalized spacial score (nSPS) is 15.3. The van der Waals surface area contributed by atoms with Crippen molar-refractivity contribution in [3.05, 3.63) is 23.8 Å². The molecule has 0 heteroatoms. The van der Waals surface area contributed by atoms with E-state index in [-0.39, 0.29) is 0 Å². The summed E-state index contributed by atoms with van der Waals surface area (Å²) < 4.78 is 0. The first kappa shape index (κ1) is 10.5. The summed E-state index contributed by atoms with van der Waals surface area (Å²) in [5.41, 5.74) is 2.61. The molecule has 0 spiro atoms. The Morgan fingerprint density at radius 3 is 1.82 bits per heavy atom. The van der Waals surface area contributed by atoms with Gasteiger partial charge in [-0.2, -0.15) is 0 Å². The van der Waals surface area contributed by atoms with E-state index >= 15 is 0 Å². The van der Waals surface area contributed by atoms with Gasteiger partial charge in [0, 0.05) is 0 Å². The van der Waals surface area contributed by atoms with Gasteiger partial charge in [0.1, 0.15) is 0 Å². The van der Waals surface area contributed by atoms with Crippen LogP contribution in [0.4, 0.5) is 0 Å². The van der Waals surface area contributed by atoms with Crippen molar-refractivity contribution in [2.24, 2.45) is 11.8 Å². The molecule has 0 rings (SSSR count). The first-order chi connectivity index (χ1) is 5.00. The van der Waals surface area contributed by atoms with Crippen molar-refractivity contribution in [2.45, 2.75) is 34.6 Å². The van der Waals surface area contributed by atoms with E-state index in [1.165, 1.54) is 11.1 Å². The van der Waals surface area contributed by atoms with Crippen molar-refractivity contribution >= 4 is 0 Å². The van der Waals surface area contributed by atoms with Crippen molar-refractivity contribution in [1.29, 1.82) is 0 Å². The van der Waals surface area contributed by atoms with Crippen LogP contribution in [0.3, 0.4) is 0 Å². The molecule has 0 fully saturated rings. The fourth-order valence-corrected chi connectivity index (χ4v) is 1.26. The van der Waals surface area contributed by atoms with Gasteiger partial charge in [-0.15, -0.1) is 0 Å². The average Bonchev–Trinajstić information content (AvgIpc) is 1.88. The highest BCUT2D eigenvalue weighted by Gasteiger charge is 2.11. The van der Waals surface area contributed by atoms with Gasteiger partial charge in [-0.3, -0.25) is 0 Å². The molecule has 0 nitrogen and oxygen atoms in total. The highest BCUT2D eigenvalue weighted by molar-refractivity contribution is 5.27. The topological polar surface area (TPSA) is 0 Å². The summed E-state index contributed by atoms with van der Waals surface area (Å²) in [7, 11) is 0. The monoisotopic (exact) mass is 152 g/mol. The number of hydrogen-bond acceptors (Lipinski definition) is 0. The standard InChI is InChI=1S/C11H20/c1-7-11(9(4)5)10(6)8(2)3/h7-8,10H,4H2,1-3,5-6H3/b11-7-. The molecule has 0 aromatic heterocycles. The third-order valence-electron chi connectivity index (χ3n) is 2.29. The molecule has 0 bridgehead atoms. The Bertz CT molecular complexity index is 161. The third kappa shape index (κ3) is 2.92. The summed E-state index contributed by atoms with van der Waals surface area (Å²) >= 11 is 0. The maximum atomic E-state index is 3.96. The van der Waals surface area contributed by atoms with E-state index < -0.39 is 0 Å². The highest BCUT2D eigenvalue weighted by atomic mass is 14.2. The lowest BCUT2D eigenvalue weighted by Gasteiger charge is -2.19. The molecule has 0 aromatic rings. The lowest BCUT2D eigenvalue weighted by molar-refractivity contribution is 0.484. The van der Waals surface area contributed by atoms with E-state index in [4.69, 9.17) is 0 Å². The first-order valence-corrected chi connectivity index (χ1v) is 4.32. The maximum absolute atomic E-state index is 3.96. The molecule has 0 aromatic carbocycles. The van der Waals surface area contributed by atoms with Gasteiger partial charge in [0.2, 0.25) is 0 Å². The Morgan fingerprint density at radius 2 is 1.73 bits per heavy atom. The first-order valence-electron chi connectivity index (χ1n) is 4.32. The second kappa shape index (κ2) is 4.38. The van der Waals surface area contributed by atoms with Crippen molar-refractivity contribution in [2.75, 3.05) is 0 Å². The highest BCUT2D eigenvalue weighted by Crippen LogP contribution is 2.24. The minimum absolute atomic E-state index is 0.637. The maximum Gasteiger partial charge on any atom is -0.0168 e. The number of rotatable bonds is 3. The van der Waals surface area contributed by atoms with Crippen molar-refractivity contribution in [3.63, 3.8) is 0 Å². The zero-order valence-electron chi connectivity index (χ0n) is 8.44. The number of hydrogen-bond donors (Lipinski definition) is 0. The van der Waals surface area contributed by atoms with Crippen LogP contribution in [0.25, 0.3) is 0 Å². The molecule has 1 atom stereocenters. The van der Waals surface area contributed by atoms with Gasteiger partial charge >= 0.3 is 0 Å². The van der Waals surface area contributed by atoms with Gasteiger partial charge in [-0.05, 0) is 31.3 Å². The molecule has 0 aliphatic rings. The predicted molar refractivity (Wildman–Crippen MR) is 52.6 cm³/mol. The van der Waals surface area contributed by atoms with Crippen LogP contribution >= 0.6 is 0 Å². The summed E-state index contributed by atoms with van der Waals surface area (Å²) in [5, 5.41) is 0. The second-order valence-electron chi connectivity index (χ2n) is 3.56. The van der Waals surface area contributed by atoms with E-state index in [1.807, 2.05) is 0 Å². The predicted octanol–water partition coefficient (Wildman–Crippen LogP) is 3.80. The van der Waals surface area contributed by atoms with Crippen LogP contribution in [0.5, 0.6) is 0 Å². The largest absolute Gasteiger partial charge is 0.0958 e. The quantitative estimate of drug-likeness (QED) is 0.539. The zero-order valence-corrected chi connectivity index (χ0v) is 8.44. The molecular weight excluding hydrogens is 132 g/mol. The summed E-state index contributed by atoms with van der Waals surface area (Å²) in [6.07, 6.45) is 2.17. The molecule has 0 amide bonds. The van der Waals surface area contributed by atoms with Crippen LogP contribution in [0.1, 0.15) is 34.6 Å². The zero-order chi connectivity index (χ0) is 9.02. The molecule has 11 heavy (non-hydrogen) atoms. The average molecular weight is 152 g/mol. The summed E-state index contributed by atoms with van der Waals surface area (Å²) in [6, 6.07) is 0. The SMILES string of the molecule is C=C(C)/C(=C/C)C(C)C(C)C. The van der Waals surface area contributed by atoms with Crippen molar-refractivity contribution < 1.29 is 0 Å². The Hall–Kier alpha value is -0.520. The van der Waals surface area contributed by atoms with E-state index in [0.29, 0.717) is 11.8 Å². The number of allylic oxidation sites excluding steroid dienone is 3. The minimum Gasteiger partial charge on any atom is -0.0958 e. The molecule has 0 aliphatic heterocycles. The second-order valence-corrected chi connectivity index (χ2v) is 3.56. The molecule has 0 radical (unpaired) electrons. The van der Waals surface area contributed by atoms with Gasteiger partial charge in [0.25, 0.3) is 0 Å². The smallest absolute Gasteiger partial charge is 0.0168 e. The van der Waals surface area contributed by atoms with E-state index in [0.717, 1.165) is 0 Å². The fourth-order valence-electron chi connectivity index (χ4n) is 1.26. The Morgan fingerprint density at radius 1 is 1.27 bits per heavy atom. The van der Waals surface area contributed by atoms with Crippen LogP contribution in [0.15, 0.2) is 23.8 Å². The lowest BCUT2D eigenvalue weighted by Crippen LogP contribution is -2.07. The molecule has 0 saturated carbocycles. The third-order valence-corrected chi connectivity index (χ3v) is 2.29. The molecule has 0 N–H and O–H groups in total. The van der Waals surface area contributed by atoms with E-state index in [9.17, 15) is 0 Å². The summed E-state index contributed by atoms with van der Waals surface area (Å²) in [4.78, 5) is 0. The fraction of sp³-hybridized carbons (Fsp3) is 0.636. The van der Waals surface area contributed by atoms with Crippen LogP contribution in [-0.2, 0) is 0 Å².